The SMILES string of the molecule is O=C(Cc1ccccc1Cl)c1c[nH]c2ccncc12. The Morgan fingerprint density at radius 2 is 2.11 bits per heavy atom. The summed E-state index contributed by atoms with van der Waals surface area (Å²) in [4.78, 5) is 19.5. The van der Waals surface area contributed by atoms with Crippen LogP contribution in [0.15, 0.2) is 48.9 Å². The Morgan fingerprint density at radius 1 is 1.26 bits per heavy atom. The summed E-state index contributed by atoms with van der Waals surface area (Å²) in [6.45, 7) is 0. The first-order valence-corrected chi connectivity index (χ1v) is 6.31. The van der Waals surface area contributed by atoms with Gasteiger partial charge in [-0.05, 0) is 17.7 Å². The van der Waals surface area contributed by atoms with Gasteiger partial charge >= 0.3 is 0 Å². The topological polar surface area (TPSA) is 45.8 Å². The molecule has 4 heteroatoms. The van der Waals surface area contributed by atoms with Crippen molar-refractivity contribution in [2.75, 3.05) is 0 Å². The highest BCUT2D eigenvalue weighted by molar-refractivity contribution is 6.31. The first-order valence-electron chi connectivity index (χ1n) is 5.93. The molecule has 94 valence electrons. The molecular formula is C15H11ClN2O. The first-order chi connectivity index (χ1) is 9.25. The predicted molar refractivity (Wildman–Crippen MR) is 75.6 cm³/mol. The summed E-state index contributed by atoms with van der Waals surface area (Å²) >= 11 is 6.08. The third-order valence-electron chi connectivity index (χ3n) is 3.09. The van der Waals surface area contributed by atoms with Crippen LogP contribution in [-0.4, -0.2) is 15.8 Å². The van der Waals surface area contributed by atoms with Crippen molar-refractivity contribution in [2.24, 2.45) is 0 Å². The smallest absolute Gasteiger partial charge is 0.169 e. The largest absolute Gasteiger partial charge is 0.360 e. The zero-order valence-electron chi connectivity index (χ0n) is 10.1. The van der Waals surface area contributed by atoms with E-state index in [0.29, 0.717) is 17.0 Å². The lowest BCUT2D eigenvalue weighted by Crippen LogP contribution is -2.03. The quantitative estimate of drug-likeness (QED) is 0.739. The average Bonchev–Trinajstić information content (AvgIpc) is 2.85. The summed E-state index contributed by atoms with van der Waals surface area (Å²) in [5, 5.41) is 1.47. The number of hydrogen-bond donors (Lipinski definition) is 1. The van der Waals surface area contributed by atoms with Gasteiger partial charge in [0.25, 0.3) is 0 Å². The molecule has 0 spiro atoms. The van der Waals surface area contributed by atoms with Crippen LogP contribution in [0.25, 0.3) is 10.9 Å². The summed E-state index contributed by atoms with van der Waals surface area (Å²) < 4.78 is 0. The molecule has 0 aliphatic heterocycles. The van der Waals surface area contributed by atoms with E-state index in [1.54, 1.807) is 24.7 Å². The minimum Gasteiger partial charge on any atom is -0.360 e. The number of aromatic nitrogens is 2. The van der Waals surface area contributed by atoms with Crippen molar-refractivity contribution in [2.45, 2.75) is 6.42 Å². The van der Waals surface area contributed by atoms with Crippen LogP contribution in [0.4, 0.5) is 0 Å². The van der Waals surface area contributed by atoms with Gasteiger partial charge in [-0.1, -0.05) is 29.8 Å². The molecule has 0 atom stereocenters. The second kappa shape index (κ2) is 4.86. The van der Waals surface area contributed by atoms with Gasteiger partial charge in [-0.3, -0.25) is 9.78 Å². The minimum atomic E-state index is 0.0346. The van der Waals surface area contributed by atoms with Crippen molar-refractivity contribution < 1.29 is 4.79 Å². The zero-order valence-corrected chi connectivity index (χ0v) is 10.8. The van der Waals surface area contributed by atoms with Crippen LogP contribution < -0.4 is 0 Å². The van der Waals surface area contributed by atoms with Crippen LogP contribution in [0.5, 0.6) is 0 Å². The molecule has 0 fully saturated rings. The molecule has 0 saturated carbocycles. The van der Waals surface area contributed by atoms with E-state index >= 15 is 0 Å². The maximum Gasteiger partial charge on any atom is 0.169 e. The second-order valence-corrected chi connectivity index (χ2v) is 4.72. The van der Waals surface area contributed by atoms with Crippen LogP contribution in [0.3, 0.4) is 0 Å². The Labute approximate surface area is 115 Å². The minimum absolute atomic E-state index is 0.0346. The predicted octanol–water partition coefficient (Wildman–Crippen LogP) is 3.64. The van der Waals surface area contributed by atoms with E-state index in [-0.39, 0.29) is 5.78 Å². The number of H-pyrrole nitrogens is 1. The summed E-state index contributed by atoms with van der Waals surface area (Å²) in [7, 11) is 0. The number of pyridine rings is 1. The van der Waals surface area contributed by atoms with Gasteiger partial charge in [-0.15, -0.1) is 0 Å². The van der Waals surface area contributed by atoms with E-state index in [4.69, 9.17) is 11.6 Å². The van der Waals surface area contributed by atoms with E-state index in [1.165, 1.54) is 0 Å². The number of halogens is 1. The molecule has 0 saturated heterocycles. The third kappa shape index (κ3) is 2.25. The number of carbonyl (C=O) groups is 1. The van der Waals surface area contributed by atoms with Gasteiger partial charge in [-0.25, -0.2) is 0 Å². The third-order valence-corrected chi connectivity index (χ3v) is 3.46. The Hall–Kier alpha value is -2.13. The van der Waals surface area contributed by atoms with Crippen molar-refractivity contribution in [1.82, 2.24) is 9.97 Å². The molecule has 0 amide bonds. The number of benzene rings is 1. The molecule has 2 heterocycles. The van der Waals surface area contributed by atoms with Crippen LogP contribution in [0, 0.1) is 0 Å². The molecule has 0 aliphatic rings. The molecule has 0 bridgehead atoms. The number of carbonyl (C=O) groups excluding carboxylic acids is 1. The summed E-state index contributed by atoms with van der Waals surface area (Å²) in [6, 6.07) is 9.24. The lowest BCUT2D eigenvalue weighted by molar-refractivity contribution is 0.0994. The number of aromatic amines is 1. The van der Waals surface area contributed by atoms with Crippen molar-refractivity contribution in [3.05, 3.63) is 65.1 Å². The number of hydrogen-bond acceptors (Lipinski definition) is 2. The van der Waals surface area contributed by atoms with Gasteiger partial charge in [0.1, 0.15) is 0 Å². The van der Waals surface area contributed by atoms with Crippen LogP contribution in [0.1, 0.15) is 15.9 Å². The highest BCUT2D eigenvalue weighted by Crippen LogP contribution is 2.21. The number of nitrogens with one attached hydrogen (secondary N) is 1. The van der Waals surface area contributed by atoms with Crippen molar-refractivity contribution in [1.29, 1.82) is 0 Å². The molecule has 3 aromatic rings. The molecule has 1 aromatic carbocycles. The molecule has 2 aromatic heterocycles. The second-order valence-electron chi connectivity index (χ2n) is 4.31. The maximum atomic E-state index is 12.3. The van der Waals surface area contributed by atoms with Crippen LogP contribution in [0.2, 0.25) is 5.02 Å². The van der Waals surface area contributed by atoms with E-state index < -0.39 is 0 Å². The summed E-state index contributed by atoms with van der Waals surface area (Å²) in [6.07, 6.45) is 5.42. The van der Waals surface area contributed by atoms with Crippen LogP contribution >= 0.6 is 11.6 Å². The Balaban J connectivity index is 1.95. The maximum absolute atomic E-state index is 12.3. The van der Waals surface area contributed by atoms with Crippen LogP contribution in [-0.2, 0) is 6.42 Å². The Kier molecular flexibility index (Phi) is 3.05. The normalized spacial score (nSPS) is 10.8. The first kappa shape index (κ1) is 11.9. The van der Waals surface area contributed by atoms with Gasteiger partial charge in [0.05, 0.1) is 0 Å². The molecule has 3 rings (SSSR count). The van der Waals surface area contributed by atoms with Gasteiger partial charge in [0, 0.05) is 46.5 Å². The summed E-state index contributed by atoms with van der Waals surface area (Å²) in [5.41, 5.74) is 2.41. The number of ketones is 1. The Bertz CT molecular complexity index is 748. The fourth-order valence-electron chi connectivity index (χ4n) is 2.10. The molecule has 0 radical (unpaired) electrons. The van der Waals surface area contributed by atoms with Crippen molar-refractivity contribution in [3.63, 3.8) is 0 Å². The van der Waals surface area contributed by atoms with E-state index in [0.717, 1.165) is 16.5 Å². The fraction of sp³-hybridized carbons (Fsp3) is 0.0667. The van der Waals surface area contributed by atoms with E-state index in [9.17, 15) is 4.79 Å². The van der Waals surface area contributed by atoms with Gasteiger partial charge in [-0.2, -0.15) is 0 Å². The fourth-order valence-corrected chi connectivity index (χ4v) is 2.31. The highest BCUT2D eigenvalue weighted by Gasteiger charge is 2.13. The number of rotatable bonds is 3. The van der Waals surface area contributed by atoms with Gasteiger partial charge in [0.2, 0.25) is 0 Å². The molecule has 0 aliphatic carbocycles. The van der Waals surface area contributed by atoms with Crippen molar-refractivity contribution in [3.8, 4) is 0 Å². The molecule has 0 unspecified atom stereocenters. The lowest BCUT2D eigenvalue weighted by atomic mass is 10.0. The molecule has 3 nitrogen and oxygen atoms in total. The molecule has 1 N–H and O–H groups in total. The monoisotopic (exact) mass is 270 g/mol. The van der Waals surface area contributed by atoms with E-state index in [1.807, 2.05) is 24.3 Å². The molecular weight excluding hydrogens is 260 g/mol. The molecule has 19 heavy (non-hydrogen) atoms. The lowest BCUT2D eigenvalue weighted by Gasteiger charge is -2.02. The standard InChI is InChI=1S/C15H11ClN2O/c16-13-4-2-1-3-10(13)7-15(19)12-9-18-14-5-6-17-8-11(12)14/h1-6,8-9,18H,7H2. The van der Waals surface area contributed by atoms with Gasteiger partial charge < -0.3 is 4.98 Å². The number of Topliss-reactive ketones (excluding diaryl/α,β-unsaturated/α-hetero) is 1. The summed E-state index contributed by atoms with van der Waals surface area (Å²) in [5.74, 6) is 0.0346. The van der Waals surface area contributed by atoms with E-state index in [2.05, 4.69) is 9.97 Å². The highest BCUT2D eigenvalue weighted by atomic mass is 35.5. The number of nitrogens with zero attached hydrogens (tertiary/aromatic N) is 1. The number of fused-ring (bicyclic) bond motifs is 1. The average molecular weight is 271 g/mol. The Morgan fingerprint density at radius 3 is 2.95 bits per heavy atom. The van der Waals surface area contributed by atoms with Crippen molar-refractivity contribution >= 4 is 28.3 Å². The van der Waals surface area contributed by atoms with Gasteiger partial charge in [0.15, 0.2) is 5.78 Å². The zero-order chi connectivity index (χ0) is 13.2.